The summed E-state index contributed by atoms with van der Waals surface area (Å²) in [6.07, 6.45) is 9.18. The van der Waals surface area contributed by atoms with Crippen LogP contribution >= 0.6 is 11.3 Å². The first-order valence-corrected chi connectivity index (χ1v) is 8.06. The molecule has 1 aromatic rings. The molecule has 18 heavy (non-hydrogen) atoms. The number of anilines is 1. The minimum atomic E-state index is 0.874. The van der Waals surface area contributed by atoms with E-state index in [2.05, 4.69) is 21.7 Å². The molecule has 0 bridgehead atoms. The summed E-state index contributed by atoms with van der Waals surface area (Å²) in [7, 11) is 0. The lowest BCUT2D eigenvalue weighted by molar-refractivity contribution is 0.148. The third-order valence-corrected chi connectivity index (χ3v) is 5.26. The van der Waals surface area contributed by atoms with Crippen LogP contribution in [0.3, 0.4) is 0 Å². The Labute approximate surface area is 114 Å². The van der Waals surface area contributed by atoms with E-state index in [1.54, 1.807) is 0 Å². The highest BCUT2D eigenvalue weighted by Gasteiger charge is 2.25. The Morgan fingerprint density at radius 1 is 1.11 bits per heavy atom. The van der Waals surface area contributed by atoms with Crippen molar-refractivity contribution >= 4 is 16.5 Å². The van der Waals surface area contributed by atoms with Crippen molar-refractivity contribution in [1.29, 1.82) is 0 Å². The smallest absolute Gasteiger partial charge is 0.185 e. The van der Waals surface area contributed by atoms with Gasteiger partial charge in [-0.3, -0.25) is 4.90 Å². The molecule has 2 aliphatic rings. The average molecular weight is 265 g/mol. The molecular weight excluding hydrogens is 242 g/mol. The summed E-state index contributed by atoms with van der Waals surface area (Å²) in [6, 6.07) is 0.874. The minimum Gasteiger partial charge on any atom is -0.346 e. The molecule has 0 aromatic carbocycles. The average Bonchev–Trinajstić information content (AvgIpc) is 2.87. The zero-order valence-corrected chi connectivity index (χ0v) is 12.1. The second-order valence-electron chi connectivity index (χ2n) is 5.57. The van der Waals surface area contributed by atoms with Gasteiger partial charge in [0.1, 0.15) is 0 Å². The summed E-state index contributed by atoms with van der Waals surface area (Å²) in [6.45, 7) is 6.90. The molecule has 1 aliphatic carbocycles. The van der Waals surface area contributed by atoms with Gasteiger partial charge in [-0.15, -0.1) is 11.3 Å². The van der Waals surface area contributed by atoms with Gasteiger partial charge in [0.15, 0.2) is 5.13 Å². The molecule has 0 atom stereocenters. The predicted octanol–water partition coefficient (Wildman–Crippen LogP) is 2.91. The first-order chi connectivity index (χ1) is 8.83. The number of aryl methyl sites for hydroxylation is 1. The molecule has 4 heteroatoms. The Bertz CT molecular complexity index is 376. The van der Waals surface area contributed by atoms with Crippen LogP contribution in [-0.2, 0) is 0 Å². The standard InChI is InChI=1S/C14H23N3S/c1-12-11-15-14(18-12)17-9-7-16(8-10-17)13-5-3-2-4-6-13/h11,13H,2-10H2,1H3. The topological polar surface area (TPSA) is 19.4 Å². The maximum atomic E-state index is 4.50. The highest BCUT2D eigenvalue weighted by atomic mass is 32.1. The van der Waals surface area contributed by atoms with Crippen molar-refractivity contribution < 1.29 is 0 Å². The molecule has 0 radical (unpaired) electrons. The number of rotatable bonds is 2. The lowest BCUT2D eigenvalue weighted by Crippen LogP contribution is -2.50. The molecule has 3 rings (SSSR count). The van der Waals surface area contributed by atoms with E-state index in [9.17, 15) is 0 Å². The monoisotopic (exact) mass is 265 g/mol. The van der Waals surface area contributed by atoms with E-state index >= 15 is 0 Å². The fourth-order valence-electron chi connectivity index (χ4n) is 3.21. The molecule has 0 N–H and O–H groups in total. The van der Waals surface area contributed by atoms with Gasteiger partial charge in [0.25, 0.3) is 0 Å². The summed E-state index contributed by atoms with van der Waals surface area (Å²) < 4.78 is 0. The van der Waals surface area contributed by atoms with Crippen molar-refractivity contribution in [3.63, 3.8) is 0 Å². The number of piperazine rings is 1. The van der Waals surface area contributed by atoms with Gasteiger partial charge in [0, 0.05) is 43.3 Å². The normalized spacial score (nSPS) is 23.5. The summed E-state index contributed by atoms with van der Waals surface area (Å²) in [4.78, 5) is 11.0. The van der Waals surface area contributed by atoms with Crippen molar-refractivity contribution in [3.05, 3.63) is 11.1 Å². The van der Waals surface area contributed by atoms with Crippen LogP contribution in [0.4, 0.5) is 5.13 Å². The third-order valence-electron chi connectivity index (χ3n) is 4.28. The largest absolute Gasteiger partial charge is 0.346 e. The molecule has 1 aromatic heterocycles. The Morgan fingerprint density at radius 3 is 2.44 bits per heavy atom. The van der Waals surface area contributed by atoms with Gasteiger partial charge in [-0.05, 0) is 19.8 Å². The van der Waals surface area contributed by atoms with Gasteiger partial charge in [0.2, 0.25) is 0 Å². The number of aromatic nitrogens is 1. The van der Waals surface area contributed by atoms with Gasteiger partial charge in [-0.1, -0.05) is 19.3 Å². The zero-order valence-electron chi connectivity index (χ0n) is 11.3. The van der Waals surface area contributed by atoms with Crippen molar-refractivity contribution in [1.82, 2.24) is 9.88 Å². The number of hydrogen-bond acceptors (Lipinski definition) is 4. The van der Waals surface area contributed by atoms with Gasteiger partial charge < -0.3 is 4.90 Å². The van der Waals surface area contributed by atoms with E-state index in [-0.39, 0.29) is 0 Å². The van der Waals surface area contributed by atoms with E-state index in [0.29, 0.717) is 0 Å². The first kappa shape index (κ1) is 12.4. The van der Waals surface area contributed by atoms with Crippen LogP contribution in [0.1, 0.15) is 37.0 Å². The van der Waals surface area contributed by atoms with Crippen LogP contribution in [0.5, 0.6) is 0 Å². The summed E-state index contributed by atoms with van der Waals surface area (Å²) >= 11 is 1.83. The van der Waals surface area contributed by atoms with Crippen molar-refractivity contribution in [3.8, 4) is 0 Å². The van der Waals surface area contributed by atoms with Crippen molar-refractivity contribution in [2.24, 2.45) is 0 Å². The highest BCUT2D eigenvalue weighted by molar-refractivity contribution is 7.15. The fourth-order valence-corrected chi connectivity index (χ4v) is 4.02. The van der Waals surface area contributed by atoms with Crippen molar-refractivity contribution in [2.75, 3.05) is 31.1 Å². The zero-order chi connectivity index (χ0) is 12.4. The summed E-state index contributed by atoms with van der Waals surface area (Å²) in [5, 5.41) is 1.22. The second kappa shape index (κ2) is 5.57. The molecule has 0 spiro atoms. The molecule has 0 amide bonds. The van der Waals surface area contributed by atoms with Gasteiger partial charge >= 0.3 is 0 Å². The van der Waals surface area contributed by atoms with E-state index in [0.717, 1.165) is 19.1 Å². The maximum absolute atomic E-state index is 4.50. The van der Waals surface area contributed by atoms with Crippen LogP contribution in [-0.4, -0.2) is 42.1 Å². The maximum Gasteiger partial charge on any atom is 0.185 e. The quantitative estimate of drug-likeness (QED) is 0.819. The molecule has 100 valence electrons. The lowest BCUT2D eigenvalue weighted by Gasteiger charge is -2.40. The van der Waals surface area contributed by atoms with Crippen LogP contribution in [0.15, 0.2) is 6.20 Å². The molecular formula is C14H23N3S. The second-order valence-corrected chi connectivity index (χ2v) is 6.78. The van der Waals surface area contributed by atoms with E-state index < -0.39 is 0 Å². The van der Waals surface area contributed by atoms with Gasteiger partial charge in [-0.25, -0.2) is 4.98 Å². The Hall–Kier alpha value is -0.610. The predicted molar refractivity (Wildman–Crippen MR) is 77.5 cm³/mol. The molecule has 1 saturated heterocycles. The number of hydrogen-bond donors (Lipinski definition) is 0. The SMILES string of the molecule is Cc1cnc(N2CCN(C3CCCCC3)CC2)s1. The van der Waals surface area contributed by atoms with E-state index in [1.165, 1.54) is 55.2 Å². The minimum absolute atomic E-state index is 0.874. The number of nitrogens with zero attached hydrogens (tertiary/aromatic N) is 3. The van der Waals surface area contributed by atoms with Crippen LogP contribution in [0.25, 0.3) is 0 Å². The van der Waals surface area contributed by atoms with Crippen LogP contribution in [0.2, 0.25) is 0 Å². The summed E-state index contributed by atoms with van der Waals surface area (Å²) in [5.74, 6) is 0. The third kappa shape index (κ3) is 2.69. The van der Waals surface area contributed by atoms with Crippen molar-refractivity contribution in [2.45, 2.75) is 45.1 Å². The first-order valence-electron chi connectivity index (χ1n) is 7.24. The van der Waals surface area contributed by atoms with Crippen LogP contribution < -0.4 is 4.90 Å². The summed E-state index contributed by atoms with van der Waals surface area (Å²) in [5.41, 5.74) is 0. The van der Waals surface area contributed by atoms with Crippen LogP contribution in [0, 0.1) is 6.92 Å². The Balaban J connectivity index is 1.54. The molecule has 3 nitrogen and oxygen atoms in total. The highest BCUT2D eigenvalue weighted by Crippen LogP contribution is 2.26. The van der Waals surface area contributed by atoms with E-state index in [1.807, 2.05) is 17.5 Å². The molecule has 2 fully saturated rings. The lowest BCUT2D eigenvalue weighted by atomic mass is 9.94. The van der Waals surface area contributed by atoms with Gasteiger partial charge in [-0.2, -0.15) is 0 Å². The molecule has 1 aliphatic heterocycles. The van der Waals surface area contributed by atoms with Gasteiger partial charge in [0.05, 0.1) is 0 Å². The van der Waals surface area contributed by atoms with E-state index in [4.69, 9.17) is 0 Å². The Morgan fingerprint density at radius 2 is 1.83 bits per heavy atom. The molecule has 1 saturated carbocycles. The molecule has 0 unspecified atom stereocenters. The fraction of sp³-hybridized carbons (Fsp3) is 0.786. The Kier molecular flexibility index (Phi) is 3.85. The molecule has 2 heterocycles. The number of thiazole rings is 1.